The number of carbonyl (C=O) groups is 1. The van der Waals surface area contributed by atoms with Crippen LogP contribution in [0.1, 0.15) is 21.7 Å². The molecule has 1 unspecified atom stereocenters. The summed E-state index contributed by atoms with van der Waals surface area (Å²) in [6.07, 6.45) is 2.12. The number of rotatable bonds is 2. The Kier molecular flexibility index (Phi) is 4.54. The van der Waals surface area contributed by atoms with Crippen molar-refractivity contribution in [1.29, 1.82) is 0 Å². The summed E-state index contributed by atoms with van der Waals surface area (Å²) < 4.78 is 0.871. The van der Waals surface area contributed by atoms with E-state index in [2.05, 4.69) is 21.1 Å². The van der Waals surface area contributed by atoms with Gasteiger partial charge in [-0.1, -0.05) is 0 Å². The number of Topliss-reactive ketones (excluding diaryl/α,β-unsaturated/α-hetero) is 1. The molecule has 0 spiro atoms. The Morgan fingerprint density at radius 1 is 1.44 bits per heavy atom. The molecule has 0 amide bonds. The molecule has 0 aromatic carbocycles. The topological polar surface area (TPSA) is 17.1 Å². The van der Waals surface area contributed by atoms with Gasteiger partial charge in [-0.2, -0.15) is 0 Å². The molecule has 1 atom stereocenters. The number of hydrogen-bond donors (Lipinski definition) is 0. The lowest BCUT2D eigenvalue weighted by molar-refractivity contribution is -0.872. The first-order valence-electron chi connectivity index (χ1n) is 5.38. The van der Waals surface area contributed by atoms with Crippen molar-refractivity contribution < 1.29 is 33.3 Å². The molecular formula is C12H18INOS. The molecule has 0 N–H and O–H groups in total. The van der Waals surface area contributed by atoms with Crippen LogP contribution in [0.2, 0.25) is 0 Å². The third-order valence-corrected chi connectivity index (χ3v) is 3.85. The lowest BCUT2D eigenvalue weighted by Crippen LogP contribution is -3.00. The van der Waals surface area contributed by atoms with Gasteiger partial charge in [0.2, 0.25) is 0 Å². The van der Waals surface area contributed by atoms with E-state index < -0.39 is 0 Å². The van der Waals surface area contributed by atoms with Crippen molar-refractivity contribution in [3.05, 3.63) is 21.9 Å². The molecule has 16 heavy (non-hydrogen) atoms. The van der Waals surface area contributed by atoms with E-state index in [9.17, 15) is 4.79 Å². The quantitative estimate of drug-likeness (QED) is 0.504. The third kappa shape index (κ3) is 3.05. The molecule has 1 aromatic heterocycles. The fourth-order valence-corrected chi connectivity index (χ4v) is 3.15. The number of aryl methyl sites for hydroxylation is 1. The van der Waals surface area contributed by atoms with E-state index >= 15 is 0 Å². The van der Waals surface area contributed by atoms with Gasteiger partial charge in [0.05, 0.1) is 33.6 Å². The maximum Gasteiger partial charge on any atom is 0.172 e. The standard InChI is InChI=1S/C12H18NOS.HI/c1-13(2,3)8-9-4-5-11-10(12(9)14)6-7-15-11;/h6-7,9H,4-5,8H2,1-3H3;1H/q+1;/p-1. The monoisotopic (exact) mass is 351 g/mol. The van der Waals surface area contributed by atoms with E-state index in [1.807, 2.05) is 11.4 Å². The van der Waals surface area contributed by atoms with E-state index in [-0.39, 0.29) is 29.9 Å². The molecule has 1 aliphatic rings. The fraction of sp³-hybridized carbons (Fsp3) is 0.583. The van der Waals surface area contributed by atoms with Gasteiger partial charge in [-0.25, -0.2) is 0 Å². The van der Waals surface area contributed by atoms with Crippen LogP contribution in [0.25, 0.3) is 0 Å². The number of ketones is 1. The highest BCUT2D eigenvalue weighted by Gasteiger charge is 2.31. The highest BCUT2D eigenvalue weighted by Crippen LogP contribution is 2.30. The van der Waals surface area contributed by atoms with Gasteiger partial charge in [0.25, 0.3) is 0 Å². The zero-order chi connectivity index (χ0) is 11.1. The first kappa shape index (κ1) is 14.1. The highest BCUT2D eigenvalue weighted by atomic mass is 127. The van der Waals surface area contributed by atoms with Gasteiger partial charge in [-0.05, 0) is 24.3 Å². The van der Waals surface area contributed by atoms with Gasteiger partial charge in [0, 0.05) is 10.4 Å². The third-order valence-electron chi connectivity index (χ3n) is 2.87. The first-order valence-corrected chi connectivity index (χ1v) is 6.26. The average Bonchev–Trinajstić information content (AvgIpc) is 2.56. The van der Waals surface area contributed by atoms with Crippen molar-refractivity contribution in [3.8, 4) is 0 Å². The van der Waals surface area contributed by atoms with E-state index in [1.165, 1.54) is 4.88 Å². The van der Waals surface area contributed by atoms with Gasteiger partial charge in [0.15, 0.2) is 5.78 Å². The zero-order valence-corrected chi connectivity index (χ0v) is 13.0. The Bertz CT molecular complexity index is 381. The van der Waals surface area contributed by atoms with Crippen molar-refractivity contribution in [2.24, 2.45) is 5.92 Å². The van der Waals surface area contributed by atoms with Crippen molar-refractivity contribution in [3.63, 3.8) is 0 Å². The Balaban J connectivity index is 0.00000128. The van der Waals surface area contributed by atoms with Crippen molar-refractivity contribution in [2.75, 3.05) is 27.7 Å². The van der Waals surface area contributed by atoms with E-state index in [1.54, 1.807) is 11.3 Å². The second-order valence-electron chi connectivity index (χ2n) is 5.33. The van der Waals surface area contributed by atoms with Crippen LogP contribution in [0, 0.1) is 5.92 Å². The predicted octanol–water partition coefficient (Wildman–Crippen LogP) is -0.797. The maximum atomic E-state index is 12.2. The minimum Gasteiger partial charge on any atom is -1.00 e. The minimum atomic E-state index is 0. The van der Waals surface area contributed by atoms with E-state index in [4.69, 9.17) is 0 Å². The fourth-order valence-electron chi connectivity index (χ4n) is 2.25. The Labute approximate surface area is 118 Å². The lowest BCUT2D eigenvalue weighted by atomic mass is 9.86. The summed E-state index contributed by atoms with van der Waals surface area (Å²) >= 11 is 1.72. The molecule has 1 aromatic rings. The summed E-state index contributed by atoms with van der Waals surface area (Å²) in [6, 6.07) is 1.99. The molecule has 2 nitrogen and oxygen atoms in total. The summed E-state index contributed by atoms with van der Waals surface area (Å²) in [5, 5.41) is 2.04. The van der Waals surface area contributed by atoms with Crippen LogP contribution in [0.15, 0.2) is 11.4 Å². The van der Waals surface area contributed by atoms with Crippen LogP contribution in [0.3, 0.4) is 0 Å². The Morgan fingerprint density at radius 2 is 2.12 bits per heavy atom. The molecule has 2 rings (SSSR count). The molecule has 0 aliphatic heterocycles. The second-order valence-corrected chi connectivity index (χ2v) is 6.33. The molecule has 90 valence electrons. The maximum absolute atomic E-state index is 12.2. The van der Waals surface area contributed by atoms with Gasteiger partial charge in [-0.15, -0.1) is 11.3 Å². The molecule has 0 saturated heterocycles. The number of fused-ring (bicyclic) bond motifs is 1. The SMILES string of the molecule is C[N+](C)(C)CC1CCc2sccc2C1=O.[I-]. The molecule has 0 fully saturated rings. The molecule has 1 aliphatic carbocycles. The van der Waals surface area contributed by atoms with Gasteiger partial charge < -0.3 is 28.5 Å². The molecule has 1 heterocycles. The van der Waals surface area contributed by atoms with Crippen LogP contribution in [0.5, 0.6) is 0 Å². The summed E-state index contributed by atoms with van der Waals surface area (Å²) in [4.78, 5) is 13.4. The average molecular weight is 351 g/mol. The van der Waals surface area contributed by atoms with Crippen molar-refractivity contribution in [2.45, 2.75) is 12.8 Å². The van der Waals surface area contributed by atoms with Crippen LogP contribution in [0.4, 0.5) is 0 Å². The normalized spacial score (nSPS) is 20.2. The lowest BCUT2D eigenvalue weighted by Gasteiger charge is -2.30. The summed E-state index contributed by atoms with van der Waals surface area (Å²) in [5.74, 6) is 0.595. The molecule has 0 saturated carbocycles. The van der Waals surface area contributed by atoms with Crippen LogP contribution < -0.4 is 24.0 Å². The van der Waals surface area contributed by atoms with Crippen LogP contribution in [-0.4, -0.2) is 38.0 Å². The Hall–Kier alpha value is 0.0600. The van der Waals surface area contributed by atoms with E-state index in [0.29, 0.717) is 5.78 Å². The molecule has 0 bridgehead atoms. The molecule has 4 heteroatoms. The second kappa shape index (κ2) is 5.14. The number of hydrogen-bond acceptors (Lipinski definition) is 2. The zero-order valence-electron chi connectivity index (χ0n) is 10.00. The largest absolute Gasteiger partial charge is 1.00 e. The number of halogens is 1. The number of thiophene rings is 1. The predicted molar refractivity (Wildman–Crippen MR) is 63.4 cm³/mol. The van der Waals surface area contributed by atoms with Crippen LogP contribution >= 0.6 is 11.3 Å². The Morgan fingerprint density at radius 3 is 2.75 bits per heavy atom. The number of carbonyl (C=O) groups excluding carboxylic acids is 1. The van der Waals surface area contributed by atoms with Crippen LogP contribution in [-0.2, 0) is 6.42 Å². The molecular weight excluding hydrogens is 333 g/mol. The number of quaternary nitrogens is 1. The van der Waals surface area contributed by atoms with Gasteiger partial charge in [0.1, 0.15) is 0 Å². The van der Waals surface area contributed by atoms with Crippen molar-refractivity contribution in [1.82, 2.24) is 0 Å². The van der Waals surface area contributed by atoms with Crippen molar-refractivity contribution >= 4 is 17.1 Å². The minimum absolute atomic E-state index is 0. The summed E-state index contributed by atoms with van der Waals surface area (Å²) in [7, 11) is 6.45. The summed E-state index contributed by atoms with van der Waals surface area (Å²) in [6.45, 7) is 0.952. The smallest absolute Gasteiger partial charge is 0.172 e. The molecule has 0 radical (unpaired) electrons. The number of nitrogens with zero attached hydrogens (tertiary/aromatic N) is 1. The first-order chi connectivity index (χ1) is 6.97. The summed E-state index contributed by atoms with van der Waals surface area (Å²) in [5.41, 5.74) is 0.990. The van der Waals surface area contributed by atoms with E-state index in [0.717, 1.165) is 29.4 Å². The highest BCUT2D eigenvalue weighted by molar-refractivity contribution is 7.10. The van der Waals surface area contributed by atoms with Gasteiger partial charge >= 0.3 is 0 Å². The van der Waals surface area contributed by atoms with Gasteiger partial charge in [-0.3, -0.25) is 4.79 Å².